The molecular formula is C11H22IN3OS. The lowest BCUT2D eigenvalue weighted by Gasteiger charge is -2.38. The fourth-order valence-corrected chi connectivity index (χ4v) is 3.20. The SMILES string of the molecule is CN(C(N)=NCC1(S(C)=O)CCC1)C1CC1.I. The topological polar surface area (TPSA) is 58.7 Å². The van der Waals surface area contributed by atoms with Gasteiger partial charge in [0.1, 0.15) is 0 Å². The van der Waals surface area contributed by atoms with Crippen LogP contribution in [0.2, 0.25) is 0 Å². The van der Waals surface area contributed by atoms with Crippen LogP contribution < -0.4 is 5.73 Å². The molecule has 2 aliphatic rings. The lowest BCUT2D eigenvalue weighted by atomic mass is 9.84. The molecule has 2 saturated carbocycles. The van der Waals surface area contributed by atoms with Crippen LogP contribution in [0.4, 0.5) is 0 Å². The molecule has 2 rings (SSSR count). The van der Waals surface area contributed by atoms with Gasteiger partial charge in [-0.2, -0.15) is 0 Å². The third kappa shape index (κ3) is 3.33. The van der Waals surface area contributed by atoms with Crippen molar-refractivity contribution in [1.29, 1.82) is 0 Å². The van der Waals surface area contributed by atoms with Gasteiger partial charge in [0.25, 0.3) is 0 Å². The van der Waals surface area contributed by atoms with Crippen molar-refractivity contribution >= 4 is 40.7 Å². The van der Waals surface area contributed by atoms with Crippen LogP contribution in [0.15, 0.2) is 4.99 Å². The molecule has 2 N–H and O–H groups in total. The van der Waals surface area contributed by atoms with Crippen molar-refractivity contribution in [3.05, 3.63) is 0 Å². The fraction of sp³-hybridized carbons (Fsp3) is 0.909. The average Bonchev–Trinajstić information content (AvgIpc) is 2.97. The molecule has 17 heavy (non-hydrogen) atoms. The normalized spacial score (nSPS) is 24.5. The van der Waals surface area contributed by atoms with Crippen LogP contribution in [-0.2, 0) is 10.8 Å². The minimum atomic E-state index is -0.788. The van der Waals surface area contributed by atoms with Gasteiger partial charge >= 0.3 is 0 Å². The number of nitrogens with zero attached hydrogens (tertiary/aromatic N) is 2. The third-order valence-corrected chi connectivity index (χ3v) is 5.62. The molecule has 0 heterocycles. The van der Waals surface area contributed by atoms with Crippen LogP contribution in [0.25, 0.3) is 0 Å². The first kappa shape index (κ1) is 15.2. The highest BCUT2D eigenvalue weighted by atomic mass is 127. The first-order valence-electron chi connectivity index (χ1n) is 5.91. The van der Waals surface area contributed by atoms with Gasteiger partial charge in [-0.25, -0.2) is 0 Å². The first-order valence-corrected chi connectivity index (χ1v) is 7.47. The van der Waals surface area contributed by atoms with E-state index >= 15 is 0 Å². The fourth-order valence-electron chi connectivity index (χ4n) is 2.09. The van der Waals surface area contributed by atoms with Crippen molar-refractivity contribution in [2.24, 2.45) is 10.7 Å². The molecule has 0 amide bonds. The van der Waals surface area contributed by atoms with Crippen LogP contribution in [0, 0.1) is 0 Å². The Bertz CT molecular complexity index is 327. The number of guanidine groups is 1. The van der Waals surface area contributed by atoms with Crippen LogP contribution in [0.3, 0.4) is 0 Å². The minimum absolute atomic E-state index is 0. The van der Waals surface area contributed by atoms with Crippen molar-refractivity contribution in [1.82, 2.24) is 4.90 Å². The van der Waals surface area contributed by atoms with E-state index in [-0.39, 0.29) is 28.7 Å². The number of aliphatic imine (C=N–C) groups is 1. The smallest absolute Gasteiger partial charge is 0.191 e. The van der Waals surface area contributed by atoms with E-state index in [4.69, 9.17) is 5.73 Å². The standard InChI is InChI=1S/C11H21N3OS.HI/c1-14(9-4-5-9)10(12)13-8-11(16(2)15)6-3-7-11;/h9H,3-8H2,1-2H3,(H2,12,13);1H. The van der Waals surface area contributed by atoms with Crippen LogP contribution in [0.1, 0.15) is 32.1 Å². The van der Waals surface area contributed by atoms with E-state index in [0.717, 1.165) is 12.8 Å². The molecule has 0 spiro atoms. The van der Waals surface area contributed by atoms with Crippen molar-refractivity contribution < 1.29 is 4.21 Å². The molecule has 2 aliphatic carbocycles. The number of hydrogen-bond donors (Lipinski definition) is 1. The molecule has 0 aliphatic heterocycles. The lowest BCUT2D eigenvalue weighted by molar-refractivity contribution is 0.358. The molecule has 2 fully saturated rings. The number of halogens is 1. The molecule has 0 aromatic heterocycles. The molecule has 4 nitrogen and oxygen atoms in total. The van der Waals surface area contributed by atoms with Gasteiger partial charge in [0.2, 0.25) is 0 Å². The molecule has 0 radical (unpaired) electrons. The summed E-state index contributed by atoms with van der Waals surface area (Å²) in [6.45, 7) is 0.624. The summed E-state index contributed by atoms with van der Waals surface area (Å²) in [6, 6.07) is 0.591. The maximum atomic E-state index is 11.7. The highest BCUT2D eigenvalue weighted by Gasteiger charge is 2.41. The molecular weight excluding hydrogens is 349 g/mol. The van der Waals surface area contributed by atoms with E-state index in [2.05, 4.69) is 4.99 Å². The molecule has 1 unspecified atom stereocenters. The predicted octanol–water partition coefficient (Wildman–Crippen LogP) is 1.31. The zero-order valence-electron chi connectivity index (χ0n) is 10.5. The first-order chi connectivity index (χ1) is 7.55. The molecule has 1 atom stereocenters. The summed E-state index contributed by atoms with van der Waals surface area (Å²) in [5.74, 6) is 0.610. The number of hydrogen-bond acceptors (Lipinski definition) is 2. The van der Waals surface area contributed by atoms with E-state index in [0.29, 0.717) is 18.5 Å². The Hall–Kier alpha value is 0.150. The van der Waals surface area contributed by atoms with Crippen molar-refractivity contribution in [3.8, 4) is 0 Å². The van der Waals surface area contributed by atoms with Gasteiger partial charge < -0.3 is 10.6 Å². The molecule has 0 bridgehead atoms. The van der Waals surface area contributed by atoms with Gasteiger partial charge in [0.15, 0.2) is 5.96 Å². The summed E-state index contributed by atoms with van der Waals surface area (Å²) >= 11 is 0. The van der Waals surface area contributed by atoms with E-state index in [9.17, 15) is 4.21 Å². The zero-order chi connectivity index (χ0) is 11.8. The summed E-state index contributed by atoms with van der Waals surface area (Å²) in [6.07, 6.45) is 7.46. The van der Waals surface area contributed by atoms with Crippen LogP contribution in [0.5, 0.6) is 0 Å². The zero-order valence-corrected chi connectivity index (χ0v) is 13.7. The highest BCUT2D eigenvalue weighted by Crippen LogP contribution is 2.37. The van der Waals surface area contributed by atoms with Crippen molar-refractivity contribution in [3.63, 3.8) is 0 Å². The summed E-state index contributed by atoms with van der Waals surface area (Å²) in [5.41, 5.74) is 5.92. The predicted molar refractivity (Wildman–Crippen MR) is 83.3 cm³/mol. The van der Waals surface area contributed by atoms with Gasteiger partial charge in [-0.15, -0.1) is 24.0 Å². The Balaban J connectivity index is 0.00000144. The van der Waals surface area contributed by atoms with E-state index in [1.54, 1.807) is 6.26 Å². The van der Waals surface area contributed by atoms with Gasteiger partial charge in [-0.3, -0.25) is 9.20 Å². The summed E-state index contributed by atoms with van der Waals surface area (Å²) in [4.78, 5) is 6.47. The minimum Gasteiger partial charge on any atom is -0.370 e. The highest BCUT2D eigenvalue weighted by molar-refractivity contribution is 14.0. The van der Waals surface area contributed by atoms with Crippen molar-refractivity contribution in [2.75, 3.05) is 19.8 Å². The molecule has 100 valence electrons. The maximum Gasteiger partial charge on any atom is 0.191 e. The number of rotatable bonds is 4. The summed E-state index contributed by atoms with van der Waals surface area (Å²) in [5, 5.41) is 0. The van der Waals surface area contributed by atoms with E-state index < -0.39 is 10.8 Å². The van der Waals surface area contributed by atoms with Crippen LogP contribution >= 0.6 is 24.0 Å². The third-order valence-electron chi connectivity index (χ3n) is 3.86. The maximum absolute atomic E-state index is 11.7. The summed E-state index contributed by atoms with van der Waals surface area (Å²) in [7, 11) is 1.20. The van der Waals surface area contributed by atoms with E-state index in [1.807, 2.05) is 11.9 Å². The molecule has 6 heteroatoms. The van der Waals surface area contributed by atoms with E-state index in [1.165, 1.54) is 19.3 Å². The Morgan fingerprint density at radius 2 is 2.12 bits per heavy atom. The molecule has 0 aromatic rings. The van der Waals surface area contributed by atoms with Crippen molar-refractivity contribution in [2.45, 2.75) is 42.9 Å². The quantitative estimate of drug-likeness (QED) is 0.461. The Labute approximate surface area is 123 Å². The average molecular weight is 371 g/mol. The largest absolute Gasteiger partial charge is 0.370 e. The number of nitrogens with two attached hydrogens (primary N) is 1. The lowest BCUT2D eigenvalue weighted by Crippen LogP contribution is -2.45. The van der Waals surface area contributed by atoms with Gasteiger partial charge in [0, 0.05) is 30.1 Å². The van der Waals surface area contributed by atoms with Crippen LogP contribution in [-0.4, -0.2) is 45.7 Å². The van der Waals surface area contributed by atoms with Gasteiger partial charge in [-0.05, 0) is 25.7 Å². The molecule has 0 saturated heterocycles. The Kier molecular flexibility index (Phi) is 5.24. The van der Waals surface area contributed by atoms with Gasteiger partial charge in [-0.1, -0.05) is 6.42 Å². The van der Waals surface area contributed by atoms with Gasteiger partial charge in [0.05, 0.1) is 11.3 Å². The monoisotopic (exact) mass is 371 g/mol. The Morgan fingerprint density at radius 1 is 1.53 bits per heavy atom. The molecule has 0 aromatic carbocycles. The second-order valence-electron chi connectivity index (χ2n) is 5.01. The second kappa shape index (κ2) is 5.86. The summed E-state index contributed by atoms with van der Waals surface area (Å²) < 4.78 is 11.6. The Morgan fingerprint density at radius 3 is 2.47 bits per heavy atom. The second-order valence-corrected chi connectivity index (χ2v) is 6.78.